The van der Waals surface area contributed by atoms with Gasteiger partial charge in [0.25, 0.3) is 5.91 Å². The molecule has 0 aliphatic heterocycles. The van der Waals surface area contributed by atoms with Gasteiger partial charge in [0.2, 0.25) is 0 Å². The first-order valence-electron chi connectivity index (χ1n) is 7.54. The molecule has 2 heterocycles. The Labute approximate surface area is 138 Å². The number of aromatic nitrogens is 4. The second kappa shape index (κ2) is 5.66. The molecule has 0 saturated heterocycles. The quantitative estimate of drug-likeness (QED) is 0.632. The number of fused-ring (bicyclic) bond motifs is 1. The zero-order valence-electron chi connectivity index (χ0n) is 13.0. The number of benzene rings is 2. The average molecular weight is 317 g/mol. The molecule has 0 fully saturated rings. The summed E-state index contributed by atoms with van der Waals surface area (Å²) in [6.07, 6.45) is 3.57. The number of imidazole rings is 1. The summed E-state index contributed by atoms with van der Waals surface area (Å²) in [4.78, 5) is 16.6. The lowest BCUT2D eigenvalue weighted by Gasteiger charge is -2.06. The van der Waals surface area contributed by atoms with Crippen LogP contribution in [0.15, 0.2) is 67.1 Å². The van der Waals surface area contributed by atoms with Gasteiger partial charge in [0.1, 0.15) is 6.33 Å². The zero-order valence-corrected chi connectivity index (χ0v) is 13.0. The normalized spacial score (nSPS) is 10.9. The summed E-state index contributed by atoms with van der Waals surface area (Å²) in [6, 6.07) is 17.1. The van der Waals surface area contributed by atoms with E-state index in [4.69, 9.17) is 0 Å². The first-order valence-corrected chi connectivity index (χ1v) is 7.54. The van der Waals surface area contributed by atoms with Crippen molar-refractivity contribution in [2.45, 2.75) is 0 Å². The van der Waals surface area contributed by atoms with E-state index in [-0.39, 0.29) is 5.91 Å². The number of amides is 1. The smallest absolute Gasteiger partial charge is 0.256 e. The Bertz CT molecular complexity index is 1010. The molecule has 2 aromatic carbocycles. The van der Waals surface area contributed by atoms with Gasteiger partial charge in [0, 0.05) is 30.6 Å². The number of rotatable bonds is 3. The maximum absolute atomic E-state index is 12.3. The number of para-hydroxylation sites is 2. The first kappa shape index (κ1) is 14.2. The Kier molecular flexibility index (Phi) is 3.35. The monoisotopic (exact) mass is 317 g/mol. The summed E-state index contributed by atoms with van der Waals surface area (Å²) < 4.78 is 3.64. The van der Waals surface area contributed by atoms with Crippen molar-refractivity contribution in [1.82, 2.24) is 19.3 Å². The number of hydrogen-bond donors (Lipinski definition) is 1. The molecule has 2 aromatic heterocycles. The van der Waals surface area contributed by atoms with Gasteiger partial charge in [-0.05, 0) is 36.4 Å². The van der Waals surface area contributed by atoms with E-state index in [1.54, 1.807) is 42.5 Å². The molecule has 0 aliphatic rings. The number of carbonyl (C=O) groups excluding carboxylic acids is 1. The molecular weight excluding hydrogens is 302 g/mol. The van der Waals surface area contributed by atoms with Crippen LogP contribution >= 0.6 is 0 Å². The standard InChI is InChI=1S/C18H15N5O/c1-22-11-10-17(21-22)20-18(24)13-6-8-14(9-7-13)23-12-19-15-4-2-3-5-16(15)23/h2-12H,1H3,(H,20,21,24). The molecular formula is C18H15N5O. The maximum Gasteiger partial charge on any atom is 0.256 e. The molecule has 4 aromatic rings. The summed E-state index contributed by atoms with van der Waals surface area (Å²) >= 11 is 0. The van der Waals surface area contributed by atoms with Gasteiger partial charge in [-0.3, -0.25) is 14.0 Å². The molecule has 4 rings (SSSR count). The highest BCUT2D eigenvalue weighted by molar-refractivity contribution is 6.03. The number of hydrogen-bond acceptors (Lipinski definition) is 3. The molecule has 0 spiro atoms. The van der Waals surface area contributed by atoms with Crippen LogP contribution in [-0.4, -0.2) is 25.2 Å². The lowest BCUT2D eigenvalue weighted by molar-refractivity contribution is 0.102. The predicted molar refractivity (Wildman–Crippen MR) is 92.2 cm³/mol. The van der Waals surface area contributed by atoms with Crippen LogP contribution in [-0.2, 0) is 7.05 Å². The van der Waals surface area contributed by atoms with Crippen LogP contribution in [0, 0.1) is 0 Å². The third-order valence-electron chi connectivity index (χ3n) is 3.82. The maximum atomic E-state index is 12.3. The third-order valence-corrected chi connectivity index (χ3v) is 3.82. The molecule has 0 bridgehead atoms. The highest BCUT2D eigenvalue weighted by Gasteiger charge is 2.09. The molecule has 118 valence electrons. The lowest BCUT2D eigenvalue weighted by atomic mass is 10.2. The van der Waals surface area contributed by atoms with Gasteiger partial charge in [0.05, 0.1) is 11.0 Å². The van der Waals surface area contributed by atoms with E-state index >= 15 is 0 Å². The molecule has 1 amide bonds. The Morgan fingerprint density at radius 1 is 1.04 bits per heavy atom. The van der Waals surface area contributed by atoms with Gasteiger partial charge in [-0.1, -0.05) is 12.1 Å². The van der Waals surface area contributed by atoms with E-state index in [0.29, 0.717) is 11.4 Å². The molecule has 0 aliphatic carbocycles. The molecule has 6 heteroatoms. The highest BCUT2D eigenvalue weighted by atomic mass is 16.1. The first-order chi connectivity index (χ1) is 11.7. The van der Waals surface area contributed by atoms with E-state index in [9.17, 15) is 4.79 Å². The summed E-state index contributed by atoms with van der Waals surface area (Å²) in [5.74, 6) is 0.350. The fourth-order valence-corrected chi connectivity index (χ4v) is 2.61. The minimum absolute atomic E-state index is 0.185. The van der Waals surface area contributed by atoms with Gasteiger partial charge in [-0.15, -0.1) is 0 Å². The number of carbonyl (C=O) groups is 1. The Hall–Kier alpha value is -3.41. The molecule has 1 N–H and O–H groups in total. The highest BCUT2D eigenvalue weighted by Crippen LogP contribution is 2.18. The van der Waals surface area contributed by atoms with Crippen molar-refractivity contribution in [3.05, 3.63) is 72.7 Å². The van der Waals surface area contributed by atoms with Crippen molar-refractivity contribution < 1.29 is 4.79 Å². The van der Waals surface area contributed by atoms with E-state index < -0.39 is 0 Å². The molecule has 0 atom stereocenters. The average Bonchev–Trinajstić information content (AvgIpc) is 3.21. The molecule has 0 saturated carbocycles. The zero-order chi connectivity index (χ0) is 16.5. The van der Waals surface area contributed by atoms with Crippen LogP contribution in [0.4, 0.5) is 5.82 Å². The second-order valence-corrected chi connectivity index (χ2v) is 5.48. The van der Waals surface area contributed by atoms with Crippen LogP contribution in [0.25, 0.3) is 16.7 Å². The fourth-order valence-electron chi connectivity index (χ4n) is 2.61. The second-order valence-electron chi connectivity index (χ2n) is 5.48. The topological polar surface area (TPSA) is 64.7 Å². The van der Waals surface area contributed by atoms with E-state index in [1.165, 1.54) is 0 Å². The van der Waals surface area contributed by atoms with Gasteiger partial charge >= 0.3 is 0 Å². The number of anilines is 1. The van der Waals surface area contributed by atoms with Crippen molar-refractivity contribution in [3.63, 3.8) is 0 Å². The Morgan fingerprint density at radius 2 is 1.83 bits per heavy atom. The van der Waals surface area contributed by atoms with Crippen LogP contribution in [0.2, 0.25) is 0 Å². The van der Waals surface area contributed by atoms with Crippen molar-refractivity contribution in [1.29, 1.82) is 0 Å². The minimum Gasteiger partial charge on any atom is -0.305 e. The van der Waals surface area contributed by atoms with Gasteiger partial charge in [-0.25, -0.2) is 4.98 Å². The summed E-state index contributed by atoms with van der Waals surface area (Å²) in [7, 11) is 1.81. The van der Waals surface area contributed by atoms with Crippen molar-refractivity contribution in [2.75, 3.05) is 5.32 Å². The largest absolute Gasteiger partial charge is 0.305 e. The van der Waals surface area contributed by atoms with E-state index in [0.717, 1.165) is 16.7 Å². The minimum atomic E-state index is -0.185. The third kappa shape index (κ3) is 2.54. The van der Waals surface area contributed by atoms with Gasteiger partial charge < -0.3 is 5.32 Å². The lowest BCUT2D eigenvalue weighted by Crippen LogP contribution is -2.12. The van der Waals surface area contributed by atoms with Gasteiger partial charge in [-0.2, -0.15) is 5.10 Å². The van der Waals surface area contributed by atoms with Crippen LogP contribution in [0.3, 0.4) is 0 Å². The SMILES string of the molecule is Cn1ccc(NC(=O)c2ccc(-n3cnc4ccccc43)cc2)n1. The van der Waals surface area contributed by atoms with E-state index in [1.807, 2.05) is 41.0 Å². The fraction of sp³-hybridized carbons (Fsp3) is 0.0556. The Balaban J connectivity index is 1.59. The number of nitrogens with one attached hydrogen (secondary N) is 1. The molecule has 0 radical (unpaired) electrons. The summed E-state index contributed by atoms with van der Waals surface area (Å²) in [6.45, 7) is 0. The van der Waals surface area contributed by atoms with Crippen LogP contribution < -0.4 is 5.32 Å². The number of aryl methyl sites for hydroxylation is 1. The molecule has 0 unspecified atom stereocenters. The Morgan fingerprint density at radius 3 is 2.58 bits per heavy atom. The molecule has 6 nitrogen and oxygen atoms in total. The van der Waals surface area contributed by atoms with Crippen molar-refractivity contribution in [3.8, 4) is 5.69 Å². The van der Waals surface area contributed by atoms with Crippen LogP contribution in [0.1, 0.15) is 10.4 Å². The van der Waals surface area contributed by atoms with Crippen molar-refractivity contribution >= 4 is 22.8 Å². The van der Waals surface area contributed by atoms with Gasteiger partial charge in [0.15, 0.2) is 5.82 Å². The number of nitrogens with zero attached hydrogens (tertiary/aromatic N) is 4. The van der Waals surface area contributed by atoms with E-state index in [2.05, 4.69) is 15.4 Å². The predicted octanol–water partition coefficient (Wildman–Crippen LogP) is 3.01. The summed E-state index contributed by atoms with van der Waals surface area (Å²) in [5.41, 5.74) is 3.50. The van der Waals surface area contributed by atoms with Crippen molar-refractivity contribution in [2.24, 2.45) is 7.05 Å². The summed E-state index contributed by atoms with van der Waals surface area (Å²) in [5, 5.41) is 6.91. The van der Waals surface area contributed by atoms with Crippen LogP contribution in [0.5, 0.6) is 0 Å². The molecule has 24 heavy (non-hydrogen) atoms.